The van der Waals surface area contributed by atoms with Crippen LogP contribution in [0.15, 0.2) is 215 Å². The Bertz CT molecular complexity index is 3830. The molecule has 280 valence electrons. The summed E-state index contributed by atoms with van der Waals surface area (Å²) in [5.41, 5.74) is 12.4. The fourth-order valence-corrected chi connectivity index (χ4v) is 9.77. The van der Waals surface area contributed by atoms with Crippen LogP contribution in [0.2, 0.25) is 0 Å². The number of fused-ring (bicyclic) bond motifs is 12. The number of furan rings is 2. The monoisotopic (exact) mass is 766 g/mol. The molecule has 0 unspecified atom stereocenters. The number of hydrogen-bond donors (Lipinski definition) is 0. The van der Waals surface area contributed by atoms with Crippen molar-refractivity contribution in [2.24, 2.45) is 0 Å². The summed E-state index contributed by atoms with van der Waals surface area (Å²) in [6.07, 6.45) is 0. The van der Waals surface area contributed by atoms with Crippen LogP contribution in [0.1, 0.15) is 0 Å². The highest BCUT2D eigenvalue weighted by atomic mass is 16.3. The third-order valence-electron chi connectivity index (χ3n) is 12.3. The van der Waals surface area contributed by atoms with Gasteiger partial charge in [-0.15, -0.1) is 0 Å². The van der Waals surface area contributed by atoms with Gasteiger partial charge in [-0.3, -0.25) is 0 Å². The molecule has 3 aromatic heterocycles. The highest BCUT2D eigenvalue weighted by molar-refractivity contribution is 6.30. The predicted octanol–water partition coefficient (Wildman–Crippen LogP) is 16.0. The number of hydrogen-bond acceptors (Lipinski definition) is 3. The van der Waals surface area contributed by atoms with Gasteiger partial charge in [-0.25, -0.2) is 0 Å². The van der Waals surface area contributed by atoms with Crippen molar-refractivity contribution in [1.82, 2.24) is 4.57 Å². The molecular formula is C56H34N2O2. The molecular weight excluding hydrogens is 733 g/mol. The number of nitrogens with zero attached hydrogens (tertiary/aromatic N) is 2. The van der Waals surface area contributed by atoms with Crippen LogP contribution >= 0.6 is 0 Å². The average molecular weight is 767 g/mol. The maximum absolute atomic E-state index is 6.78. The van der Waals surface area contributed by atoms with E-state index in [9.17, 15) is 0 Å². The van der Waals surface area contributed by atoms with E-state index in [1.807, 2.05) is 12.1 Å². The second kappa shape index (κ2) is 12.7. The Labute approximate surface area is 344 Å². The Morgan fingerprint density at radius 3 is 1.73 bits per heavy atom. The van der Waals surface area contributed by atoms with Crippen molar-refractivity contribution in [2.75, 3.05) is 4.90 Å². The summed E-state index contributed by atoms with van der Waals surface area (Å²) < 4.78 is 15.4. The molecule has 3 heterocycles. The van der Waals surface area contributed by atoms with Gasteiger partial charge in [0.1, 0.15) is 22.3 Å². The number of para-hydroxylation sites is 4. The minimum Gasteiger partial charge on any atom is -0.456 e. The second-order valence-corrected chi connectivity index (χ2v) is 15.6. The van der Waals surface area contributed by atoms with Crippen molar-refractivity contribution < 1.29 is 8.83 Å². The van der Waals surface area contributed by atoms with Crippen molar-refractivity contribution >= 4 is 104 Å². The molecule has 4 heteroatoms. The van der Waals surface area contributed by atoms with Gasteiger partial charge in [0.05, 0.1) is 11.0 Å². The maximum Gasteiger partial charge on any atom is 0.138 e. The van der Waals surface area contributed by atoms with E-state index in [1.54, 1.807) is 0 Å². The van der Waals surface area contributed by atoms with Gasteiger partial charge in [0.15, 0.2) is 0 Å². The standard InChI is InChI=1S/C56H34N2O2/c1-2-15-36(16-3-1)57(39-30-31-52-46(33-39)43-20-9-12-24-50(43)59-52)37-26-28-38(29-27-37)58-48-23-11-8-21-44(48)54-49(58)34-53-55(45-22-10-13-25-51(45)60-53)56(54)47-32-35-14-4-5-17-40(35)41-18-6-7-19-42(41)47/h1-34H. The normalized spacial score (nSPS) is 12.0. The molecule has 0 amide bonds. The minimum atomic E-state index is 0.869. The summed E-state index contributed by atoms with van der Waals surface area (Å²) in [5, 5.41) is 11.8. The fourth-order valence-electron chi connectivity index (χ4n) is 9.77. The topological polar surface area (TPSA) is 34.5 Å². The van der Waals surface area contributed by atoms with E-state index >= 15 is 0 Å². The molecule has 0 atom stereocenters. The minimum absolute atomic E-state index is 0.869. The van der Waals surface area contributed by atoms with E-state index in [4.69, 9.17) is 8.83 Å². The van der Waals surface area contributed by atoms with Crippen LogP contribution in [0.3, 0.4) is 0 Å². The van der Waals surface area contributed by atoms with E-state index in [-0.39, 0.29) is 0 Å². The lowest BCUT2D eigenvalue weighted by molar-refractivity contribution is 0.668. The largest absolute Gasteiger partial charge is 0.456 e. The molecule has 0 saturated heterocycles. The van der Waals surface area contributed by atoms with Gasteiger partial charge in [-0.1, -0.05) is 121 Å². The molecule has 13 aromatic rings. The molecule has 0 aliphatic heterocycles. The smallest absolute Gasteiger partial charge is 0.138 e. The molecule has 60 heavy (non-hydrogen) atoms. The van der Waals surface area contributed by atoms with Gasteiger partial charge in [-0.05, 0) is 106 Å². The van der Waals surface area contributed by atoms with Crippen LogP contribution < -0.4 is 4.90 Å². The molecule has 0 N–H and O–H groups in total. The van der Waals surface area contributed by atoms with Crippen molar-refractivity contribution in [3.63, 3.8) is 0 Å². The summed E-state index contributed by atoms with van der Waals surface area (Å²) >= 11 is 0. The number of aromatic nitrogens is 1. The van der Waals surface area contributed by atoms with E-state index in [0.717, 1.165) is 77.7 Å². The first-order valence-electron chi connectivity index (χ1n) is 20.4. The number of rotatable bonds is 5. The van der Waals surface area contributed by atoms with Gasteiger partial charge in [0, 0.05) is 66.7 Å². The van der Waals surface area contributed by atoms with E-state index in [0.29, 0.717) is 0 Å². The summed E-state index contributed by atoms with van der Waals surface area (Å²) in [6, 6.07) is 73.7. The highest BCUT2D eigenvalue weighted by Crippen LogP contribution is 2.49. The van der Waals surface area contributed by atoms with E-state index in [1.165, 1.54) is 43.4 Å². The van der Waals surface area contributed by atoms with Crippen molar-refractivity contribution in [3.05, 3.63) is 206 Å². The molecule has 0 fully saturated rings. The molecule has 13 rings (SSSR count). The van der Waals surface area contributed by atoms with Gasteiger partial charge >= 0.3 is 0 Å². The van der Waals surface area contributed by atoms with Gasteiger partial charge < -0.3 is 18.3 Å². The fraction of sp³-hybridized carbons (Fsp3) is 0. The Balaban J connectivity index is 1.07. The van der Waals surface area contributed by atoms with Crippen LogP contribution in [0.5, 0.6) is 0 Å². The Morgan fingerprint density at radius 1 is 0.333 bits per heavy atom. The van der Waals surface area contributed by atoms with E-state index in [2.05, 4.69) is 204 Å². The summed E-state index contributed by atoms with van der Waals surface area (Å²) in [5.74, 6) is 0. The molecule has 0 bridgehead atoms. The summed E-state index contributed by atoms with van der Waals surface area (Å²) in [7, 11) is 0. The summed E-state index contributed by atoms with van der Waals surface area (Å²) in [6.45, 7) is 0. The van der Waals surface area contributed by atoms with Crippen LogP contribution in [-0.4, -0.2) is 4.57 Å². The van der Waals surface area contributed by atoms with Crippen molar-refractivity contribution in [1.29, 1.82) is 0 Å². The molecule has 0 saturated carbocycles. The Morgan fingerprint density at radius 2 is 0.917 bits per heavy atom. The zero-order chi connectivity index (χ0) is 39.3. The number of anilines is 3. The lowest BCUT2D eigenvalue weighted by Crippen LogP contribution is -2.09. The molecule has 4 nitrogen and oxygen atoms in total. The lowest BCUT2D eigenvalue weighted by Gasteiger charge is -2.26. The van der Waals surface area contributed by atoms with Crippen LogP contribution in [-0.2, 0) is 0 Å². The maximum atomic E-state index is 6.78. The van der Waals surface area contributed by atoms with Crippen molar-refractivity contribution in [2.45, 2.75) is 0 Å². The molecule has 0 aliphatic carbocycles. The zero-order valence-corrected chi connectivity index (χ0v) is 32.3. The predicted molar refractivity (Wildman–Crippen MR) is 250 cm³/mol. The SMILES string of the molecule is c1ccc(N(c2ccc(-n3c4ccccc4c4c(-c5cc6ccccc6c6ccccc56)c5c(cc43)oc3ccccc35)cc2)c2ccc3oc4ccccc4c3c2)cc1. The average Bonchev–Trinajstić information content (AvgIpc) is 3.98. The Hall–Kier alpha value is -8.08. The zero-order valence-electron chi connectivity index (χ0n) is 32.3. The van der Waals surface area contributed by atoms with Crippen molar-refractivity contribution in [3.8, 4) is 16.8 Å². The van der Waals surface area contributed by atoms with Gasteiger partial charge in [0.25, 0.3) is 0 Å². The molecule has 0 aliphatic rings. The van der Waals surface area contributed by atoms with Crippen LogP contribution in [0, 0.1) is 0 Å². The number of benzene rings is 10. The van der Waals surface area contributed by atoms with E-state index < -0.39 is 0 Å². The third-order valence-corrected chi connectivity index (χ3v) is 12.3. The first-order chi connectivity index (χ1) is 29.8. The first kappa shape index (κ1) is 32.9. The molecule has 0 radical (unpaired) electrons. The van der Waals surface area contributed by atoms with Crippen LogP contribution in [0.4, 0.5) is 17.1 Å². The highest BCUT2D eigenvalue weighted by Gasteiger charge is 2.25. The quantitative estimate of drug-likeness (QED) is 0.164. The second-order valence-electron chi connectivity index (χ2n) is 15.6. The first-order valence-corrected chi connectivity index (χ1v) is 20.4. The van der Waals surface area contributed by atoms with Crippen LogP contribution in [0.25, 0.3) is 104 Å². The van der Waals surface area contributed by atoms with Gasteiger partial charge in [-0.2, -0.15) is 0 Å². The third kappa shape index (κ3) is 4.79. The van der Waals surface area contributed by atoms with Gasteiger partial charge in [0.2, 0.25) is 0 Å². The summed E-state index contributed by atoms with van der Waals surface area (Å²) in [4.78, 5) is 2.32. The lowest BCUT2D eigenvalue weighted by atomic mass is 9.88. The Kier molecular flexibility index (Phi) is 6.98. The molecule has 0 spiro atoms. The molecule has 10 aromatic carbocycles.